The van der Waals surface area contributed by atoms with Crippen molar-refractivity contribution in [2.45, 2.75) is 17.6 Å². The first-order valence-corrected chi connectivity index (χ1v) is 9.33. The van der Waals surface area contributed by atoms with Gasteiger partial charge in [-0.05, 0) is 42.8 Å². The van der Waals surface area contributed by atoms with Crippen LogP contribution in [0, 0.1) is 0 Å². The van der Waals surface area contributed by atoms with E-state index in [-0.39, 0.29) is 0 Å². The van der Waals surface area contributed by atoms with E-state index >= 15 is 0 Å². The van der Waals surface area contributed by atoms with E-state index in [1.165, 1.54) is 5.56 Å². The molecule has 1 amide bonds. The van der Waals surface area contributed by atoms with E-state index in [1.807, 2.05) is 43.1 Å². The van der Waals surface area contributed by atoms with Crippen LogP contribution in [0.15, 0.2) is 56.8 Å². The predicted octanol–water partition coefficient (Wildman–Crippen LogP) is 4.45. The van der Waals surface area contributed by atoms with Gasteiger partial charge in [-0.2, -0.15) is 0 Å². The lowest BCUT2D eigenvalue weighted by Crippen LogP contribution is -2.14. The van der Waals surface area contributed by atoms with Crippen LogP contribution in [-0.4, -0.2) is 30.7 Å². The van der Waals surface area contributed by atoms with Crippen molar-refractivity contribution in [3.05, 3.63) is 58.1 Å². The SMILES string of the molecule is CCN(C)C=Nc1ccc(SCc2ccc(Br)cc2)c(C(N)=O)c1. The van der Waals surface area contributed by atoms with Crippen LogP contribution in [0.1, 0.15) is 22.8 Å². The molecule has 0 saturated carbocycles. The molecule has 0 radical (unpaired) electrons. The standard InChI is InChI=1S/C18H20BrN3OS/c1-3-22(2)12-21-15-8-9-17(16(10-15)18(20)23)24-11-13-4-6-14(19)7-5-13/h4-10,12H,3,11H2,1-2H3,(H2,20,23). The van der Waals surface area contributed by atoms with Crippen LogP contribution in [0.2, 0.25) is 0 Å². The number of carbonyl (C=O) groups excluding carboxylic acids is 1. The van der Waals surface area contributed by atoms with Crippen molar-refractivity contribution in [3.63, 3.8) is 0 Å². The van der Waals surface area contributed by atoms with Gasteiger partial charge < -0.3 is 10.6 Å². The van der Waals surface area contributed by atoms with Crippen molar-refractivity contribution in [1.82, 2.24) is 4.90 Å². The number of nitrogens with two attached hydrogens (primary N) is 1. The molecule has 0 aliphatic carbocycles. The fourth-order valence-electron chi connectivity index (χ4n) is 1.91. The van der Waals surface area contributed by atoms with Gasteiger partial charge in [-0.15, -0.1) is 11.8 Å². The molecule has 2 N–H and O–H groups in total. The summed E-state index contributed by atoms with van der Waals surface area (Å²) in [5, 5.41) is 0. The lowest BCUT2D eigenvalue weighted by atomic mass is 10.2. The molecular formula is C18H20BrN3OS. The first-order valence-electron chi connectivity index (χ1n) is 7.55. The van der Waals surface area contributed by atoms with Gasteiger partial charge in [0.05, 0.1) is 17.6 Å². The maximum atomic E-state index is 11.8. The first kappa shape index (κ1) is 18.5. The summed E-state index contributed by atoms with van der Waals surface area (Å²) < 4.78 is 1.05. The fraction of sp³-hybridized carbons (Fsp3) is 0.222. The number of benzene rings is 2. The van der Waals surface area contributed by atoms with E-state index in [4.69, 9.17) is 5.73 Å². The Morgan fingerprint density at radius 3 is 2.62 bits per heavy atom. The highest BCUT2D eigenvalue weighted by atomic mass is 79.9. The molecule has 0 unspecified atom stereocenters. The summed E-state index contributed by atoms with van der Waals surface area (Å²) in [6.45, 7) is 2.91. The monoisotopic (exact) mass is 405 g/mol. The summed E-state index contributed by atoms with van der Waals surface area (Å²) in [5.41, 5.74) is 7.94. The number of amides is 1. The highest BCUT2D eigenvalue weighted by molar-refractivity contribution is 9.10. The number of hydrogen-bond donors (Lipinski definition) is 1. The molecule has 2 aromatic rings. The van der Waals surface area contributed by atoms with E-state index in [1.54, 1.807) is 24.2 Å². The van der Waals surface area contributed by atoms with E-state index in [2.05, 4.69) is 33.1 Å². The molecular weight excluding hydrogens is 386 g/mol. The van der Waals surface area contributed by atoms with Gasteiger partial charge in [-0.1, -0.05) is 28.1 Å². The van der Waals surface area contributed by atoms with Crippen LogP contribution in [-0.2, 0) is 5.75 Å². The Hall–Kier alpha value is -1.79. The minimum Gasteiger partial charge on any atom is -0.366 e. The van der Waals surface area contributed by atoms with Gasteiger partial charge in [0.1, 0.15) is 0 Å². The molecule has 0 atom stereocenters. The molecule has 6 heteroatoms. The first-order chi connectivity index (χ1) is 11.5. The number of primary amides is 1. The second-order valence-corrected chi connectivity index (χ2v) is 7.21. The van der Waals surface area contributed by atoms with E-state index < -0.39 is 5.91 Å². The van der Waals surface area contributed by atoms with Gasteiger partial charge in [0.15, 0.2) is 0 Å². The van der Waals surface area contributed by atoms with Crippen LogP contribution in [0.3, 0.4) is 0 Å². The summed E-state index contributed by atoms with van der Waals surface area (Å²) in [6.07, 6.45) is 1.74. The van der Waals surface area contributed by atoms with Crippen molar-refractivity contribution in [1.29, 1.82) is 0 Å². The topological polar surface area (TPSA) is 58.7 Å². The minimum atomic E-state index is -0.436. The second-order valence-electron chi connectivity index (χ2n) is 5.28. The molecule has 24 heavy (non-hydrogen) atoms. The highest BCUT2D eigenvalue weighted by Gasteiger charge is 2.10. The maximum absolute atomic E-state index is 11.8. The van der Waals surface area contributed by atoms with Crippen molar-refractivity contribution < 1.29 is 4.79 Å². The number of rotatable bonds is 7. The Morgan fingerprint density at radius 2 is 2.00 bits per heavy atom. The Morgan fingerprint density at radius 1 is 1.29 bits per heavy atom. The van der Waals surface area contributed by atoms with Gasteiger partial charge in [0.25, 0.3) is 0 Å². The van der Waals surface area contributed by atoms with Crippen molar-refractivity contribution in [2.24, 2.45) is 10.7 Å². The van der Waals surface area contributed by atoms with Gasteiger partial charge in [-0.3, -0.25) is 4.79 Å². The Balaban J connectivity index is 2.15. The fourth-order valence-corrected chi connectivity index (χ4v) is 3.16. The van der Waals surface area contributed by atoms with E-state index in [0.717, 1.165) is 27.4 Å². The number of halogens is 1. The van der Waals surface area contributed by atoms with Gasteiger partial charge in [0, 0.05) is 28.7 Å². The summed E-state index contributed by atoms with van der Waals surface area (Å²) in [4.78, 5) is 19.0. The number of thioether (sulfide) groups is 1. The molecule has 0 fully saturated rings. The van der Waals surface area contributed by atoms with E-state index in [9.17, 15) is 4.79 Å². The molecule has 0 bridgehead atoms. The number of carbonyl (C=O) groups is 1. The van der Waals surface area contributed by atoms with Crippen LogP contribution < -0.4 is 5.73 Å². The zero-order valence-electron chi connectivity index (χ0n) is 13.7. The van der Waals surface area contributed by atoms with Gasteiger partial charge in [-0.25, -0.2) is 4.99 Å². The molecule has 126 valence electrons. The van der Waals surface area contributed by atoms with Crippen molar-refractivity contribution in [3.8, 4) is 0 Å². The molecule has 0 aliphatic rings. The smallest absolute Gasteiger partial charge is 0.249 e. The molecule has 0 spiro atoms. The van der Waals surface area contributed by atoms with E-state index in [0.29, 0.717) is 5.56 Å². The lowest BCUT2D eigenvalue weighted by molar-refractivity contribution is 0.0997. The predicted molar refractivity (Wildman–Crippen MR) is 105 cm³/mol. The van der Waals surface area contributed by atoms with Gasteiger partial charge in [0.2, 0.25) is 5.91 Å². The third-order valence-corrected chi connectivity index (χ3v) is 5.11. The van der Waals surface area contributed by atoms with Crippen molar-refractivity contribution >= 4 is 45.6 Å². The second kappa shape index (κ2) is 8.89. The van der Waals surface area contributed by atoms with Crippen LogP contribution in [0.4, 0.5) is 5.69 Å². The molecule has 2 rings (SSSR count). The zero-order valence-corrected chi connectivity index (χ0v) is 16.1. The maximum Gasteiger partial charge on any atom is 0.249 e. The molecule has 0 aliphatic heterocycles. The Kier molecular flexibility index (Phi) is 6.87. The van der Waals surface area contributed by atoms with Crippen LogP contribution in [0.25, 0.3) is 0 Å². The summed E-state index contributed by atoms with van der Waals surface area (Å²) >= 11 is 5.02. The number of nitrogens with zero attached hydrogens (tertiary/aromatic N) is 2. The molecule has 4 nitrogen and oxygen atoms in total. The Labute approximate surface area is 155 Å². The number of aliphatic imine (C=N–C) groups is 1. The molecule has 0 saturated heterocycles. The zero-order chi connectivity index (χ0) is 17.5. The van der Waals surface area contributed by atoms with Crippen LogP contribution >= 0.6 is 27.7 Å². The average molecular weight is 406 g/mol. The van der Waals surface area contributed by atoms with Gasteiger partial charge >= 0.3 is 0 Å². The highest BCUT2D eigenvalue weighted by Crippen LogP contribution is 2.29. The average Bonchev–Trinajstić information content (AvgIpc) is 2.59. The van der Waals surface area contributed by atoms with Crippen LogP contribution in [0.5, 0.6) is 0 Å². The minimum absolute atomic E-state index is 0.436. The summed E-state index contributed by atoms with van der Waals surface area (Å²) in [5.74, 6) is 0.337. The largest absolute Gasteiger partial charge is 0.366 e. The third kappa shape index (κ3) is 5.39. The molecule has 0 aromatic heterocycles. The Bertz CT molecular complexity index is 732. The quantitative estimate of drug-likeness (QED) is 0.420. The molecule has 0 heterocycles. The third-order valence-electron chi connectivity index (χ3n) is 3.44. The molecule has 2 aromatic carbocycles. The normalized spacial score (nSPS) is 11.0. The number of hydrogen-bond acceptors (Lipinski definition) is 3. The summed E-state index contributed by atoms with van der Waals surface area (Å²) in [6, 6.07) is 13.7. The summed E-state index contributed by atoms with van der Waals surface area (Å²) in [7, 11) is 1.95. The lowest BCUT2D eigenvalue weighted by Gasteiger charge is -2.10. The van der Waals surface area contributed by atoms with Crippen molar-refractivity contribution in [2.75, 3.05) is 13.6 Å².